The molecule has 3 N–H and O–H groups in total. The average Bonchev–Trinajstić information content (AvgIpc) is 2.69. The monoisotopic (exact) mass is 244 g/mol. The quantitative estimate of drug-likeness (QED) is 0.552. The number of amides is 1. The number of nitrogens with one attached hydrogen (secondary N) is 3. The van der Waals surface area contributed by atoms with Gasteiger partial charge < -0.3 is 15.6 Å². The molecule has 0 saturated heterocycles. The number of rotatable bonds is 5. The summed E-state index contributed by atoms with van der Waals surface area (Å²) in [7, 11) is 0. The molecule has 0 saturated carbocycles. The van der Waals surface area contributed by atoms with Crippen molar-refractivity contribution >= 4 is 22.6 Å². The van der Waals surface area contributed by atoms with Crippen molar-refractivity contribution in [1.29, 1.82) is 0 Å². The first-order chi connectivity index (χ1) is 8.69. The predicted molar refractivity (Wildman–Crippen MR) is 72.5 cm³/mol. The Balaban J connectivity index is 2.02. The third-order valence-electron chi connectivity index (χ3n) is 2.46. The summed E-state index contributed by atoms with van der Waals surface area (Å²) in [6, 6.07) is 5.60. The second kappa shape index (κ2) is 5.46. The van der Waals surface area contributed by atoms with E-state index in [1.54, 1.807) is 6.08 Å². The second-order valence-electron chi connectivity index (χ2n) is 4.02. The molecule has 0 radical (unpaired) electrons. The third-order valence-corrected chi connectivity index (χ3v) is 2.46. The summed E-state index contributed by atoms with van der Waals surface area (Å²) < 4.78 is 0. The van der Waals surface area contributed by atoms with E-state index in [-0.39, 0.29) is 12.5 Å². The molecule has 94 valence electrons. The molecule has 0 aliphatic rings. The molecule has 0 aliphatic carbocycles. The molecular formula is C13H16N4O. The predicted octanol–water partition coefficient (Wildman–Crippen LogP) is 1.59. The van der Waals surface area contributed by atoms with E-state index in [0.717, 1.165) is 22.5 Å². The Labute approximate surface area is 105 Å². The number of imidazole rings is 1. The number of carbonyl (C=O) groups is 1. The van der Waals surface area contributed by atoms with E-state index < -0.39 is 0 Å². The van der Waals surface area contributed by atoms with Gasteiger partial charge in [-0.2, -0.15) is 0 Å². The van der Waals surface area contributed by atoms with Crippen molar-refractivity contribution in [2.45, 2.75) is 6.92 Å². The number of hydrogen-bond acceptors (Lipinski definition) is 3. The van der Waals surface area contributed by atoms with Crippen LogP contribution in [-0.4, -0.2) is 29.0 Å². The molecule has 1 heterocycles. The lowest BCUT2D eigenvalue weighted by molar-refractivity contribution is -0.115. The minimum absolute atomic E-state index is 0.0764. The largest absolute Gasteiger partial charge is 0.342 e. The number of fused-ring (bicyclic) bond motifs is 1. The van der Waals surface area contributed by atoms with Gasteiger partial charge in [-0.1, -0.05) is 6.08 Å². The molecular weight excluding hydrogens is 228 g/mol. The fraction of sp³-hybridized carbons (Fsp3) is 0.231. The molecule has 1 aromatic carbocycles. The highest BCUT2D eigenvalue weighted by Gasteiger charge is 2.04. The first-order valence-electron chi connectivity index (χ1n) is 5.77. The van der Waals surface area contributed by atoms with E-state index >= 15 is 0 Å². The van der Waals surface area contributed by atoms with Gasteiger partial charge in [0.15, 0.2) is 0 Å². The molecule has 0 unspecified atom stereocenters. The molecule has 1 amide bonds. The molecule has 0 fully saturated rings. The van der Waals surface area contributed by atoms with E-state index in [2.05, 4.69) is 27.2 Å². The topological polar surface area (TPSA) is 69.8 Å². The molecule has 1 aromatic heterocycles. The van der Waals surface area contributed by atoms with Crippen LogP contribution in [0.5, 0.6) is 0 Å². The fourth-order valence-electron chi connectivity index (χ4n) is 1.71. The van der Waals surface area contributed by atoms with Gasteiger partial charge in [0.2, 0.25) is 5.91 Å². The summed E-state index contributed by atoms with van der Waals surface area (Å²) in [6.07, 6.45) is 1.71. The van der Waals surface area contributed by atoms with Crippen molar-refractivity contribution in [3.8, 4) is 0 Å². The number of anilines is 1. The van der Waals surface area contributed by atoms with Crippen LogP contribution in [0.3, 0.4) is 0 Å². The molecule has 2 rings (SSSR count). The van der Waals surface area contributed by atoms with E-state index in [9.17, 15) is 4.79 Å². The van der Waals surface area contributed by atoms with Gasteiger partial charge in [0, 0.05) is 12.2 Å². The van der Waals surface area contributed by atoms with E-state index in [1.165, 1.54) is 0 Å². The number of benzene rings is 1. The maximum absolute atomic E-state index is 11.6. The van der Waals surface area contributed by atoms with Gasteiger partial charge in [-0.15, -0.1) is 6.58 Å². The van der Waals surface area contributed by atoms with Crippen LogP contribution in [0.4, 0.5) is 5.69 Å². The first-order valence-corrected chi connectivity index (χ1v) is 5.77. The van der Waals surface area contributed by atoms with Crippen molar-refractivity contribution in [3.05, 3.63) is 36.7 Å². The number of nitrogens with zero attached hydrogens (tertiary/aromatic N) is 1. The average molecular weight is 244 g/mol. The second-order valence-corrected chi connectivity index (χ2v) is 4.02. The minimum Gasteiger partial charge on any atom is -0.342 e. The van der Waals surface area contributed by atoms with Gasteiger partial charge in [0.25, 0.3) is 0 Å². The van der Waals surface area contributed by atoms with Gasteiger partial charge in [-0.25, -0.2) is 4.98 Å². The lowest BCUT2D eigenvalue weighted by atomic mass is 10.2. The molecule has 5 heteroatoms. The Morgan fingerprint density at radius 1 is 1.56 bits per heavy atom. The van der Waals surface area contributed by atoms with E-state index in [4.69, 9.17) is 0 Å². The molecule has 18 heavy (non-hydrogen) atoms. The van der Waals surface area contributed by atoms with Gasteiger partial charge in [0.05, 0.1) is 17.6 Å². The smallest absolute Gasteiger partial charge is 0.238 e. The number of carbonyl (C=O) groups excluding carboxylic acids is 1. The van der Waals surface area contributed by atoms with Gasteiger partial charge in [-0.05, 0) is 25.1 Å². The molecule has 0 spiro atoms. The molecule has 2 aromatic rings. The van der Waals surface area contributed by atoms with Gasteiger partial charge >= 0.3 is 0 Å². The number of H-pyrrole nitrogens is 1. The van der Waals surface area contributed by atoms with Crippen LogP contribution in [-0.2, 0) is 4.79 Å². The van der Waals surface area contributed by atoms with Crippen molar-refractivity contribution in [3.63, 3.8) is 0 Å². The number of aromatic nitrogens is 2. The zero-order chi connectivity index (χ0) is 13.0. The minimum atomic E-state index is -0.0764. The summed E-state index contributed by atoms with van der Waals surface area (Å²) in [4.78, 5) is 19.0. The van der Waals surface area contributed by atoms with Crippen molar-refractivity contribution < 1.29 is 4.79 Å². The maximum atomic E-state index is 11.6. The highest BCUT2D eigenvalue weighted by atomic mass is 16.1. The lowest BCUT2D eigenvalue weighted by Crippen LogP contribution is -2.28. The summed E-state index contributed by atoms with van der Waals surface area (Å²) in [6.45, 7) is 6.36. The zero-order valence-electron chi connectivity index (χ0n) is 10.3. The van der Waals surface area contributed by atoms with Crippen LogP contribution >= 0.6 is 0 Å². The Morgan fingerprint density at radius 2 is 2.39 bits per heavy atom. The summed E-state index contributed by atoms with van der Waals surface area (Å²) in [5.74, 6) is 0.786. The molecule has 0 bridgehead atoms. The number of aryl methyl sites for hydroxylation is 1. The first kappa shape index (κ1) is 12.3. The molecule has 0 aliphatic heterocycles. The van der Waals surface area contributed by atoms with Crippen LogP contribution < -0.4 is 10.6 Å². The van der Waals surface area contributed by atoms with Crippen molar-refractivity contribution in [2.24, 2.45) is 0 Å². The van der Waals surface area contributed by atoms with E-state index in [0.29, 0.717) is 6.54 Å². The molecule has 5 nitrogen and oxygen atoms in total. The standard InChI is InChI=1S/C13H16N4O/c1-3-6-14-8-13(18)17-10-4-5-11-12(7-10)16-9(2)15-11/h3-5,7,14H,1,6,8H2,2H3,(H,15,16)(H,17,18). The van der Waals surface area contributed by atoms with Crippen LogP contribution in [0.1, 0.15) is 5.82 Å². The van der Waals surface area contributed by atoms with Crippen LogP contribution in [0.15, 0.2) is 30.9 Å². The van der Waals surface area contributed by atoms with E-state index in [1.807, 2.05) is 25.1 Å². The normalized spacial score (nSPS) is 10.5. The Bertz CT molecular complexity index is 573. The number of hydrogen-bond donors (Lipinski definition) is 3. The van der Waals surface area contributed by atoms with Crippen LogP contribution in [0.25, 0.3) is 11.0 Å². The maximum Gasteiger partial charge on any atom is 0.238 e. The Morgan fingerprint density at radius 3 is 3.17 bits per heavy atom. The Kier molecular flexibility index (Phi) is 3.74. The third kappa shape index (κ3) is 2.95. The zero-order valence-corrected chi connectivity index (χ0v) is 10.3. The summed E-state index contributed by atoms with van der Waals surface area (Å²) in [5.41, 5.74) is 2.58. The Hall–Kier alpha value is -2.14. The highest BCUT2D eigenvalue weighted by molar-refractivity contribution is 5.94. The number of aromatic amines is 1. The SMILES string of the molecule is C=CCNCC(=O)Nc1ccc2nc(C)[nH]c2c1. The molecule has 0 atom stereocenters. The van der Waals surface area contributed by atoms with Crippen molar-refractivity contribution in [1.82, 2.24) is 15.3 Å². The summed E-state index contributed by atoms with van der Waals surface area (Å²) in [5, 5.41) is 5.76. The van der Waals surface area contributed by atoms with Gasteiger partial charge in [0.1, 0.15) is 5.82 Å². The van der Waals surface area contributed by atoms with Crippen LogP contribution in [0.2, 0.25) is 0 Å². The highest BCUT2D eigenvalue weighted by Crippen LogP contribution is 2.16. The van der Waals surface area contributed by atoms with Crippen LogP contribution in [0, 0.1) is 6.92 Å². The lowest BCUT2D eigenvalue weighted by Gasteiger charge is -2.05. The van der Waals surface area contributed by atoms with Gasteiger partial charge in [-0.3, -0.25) is 4.79 Å². The summed E-state index contributed by atoms with van der Waals surface area (Å²) >= 11 is 0. The fourth-order valence-corrected chi connectivity index (χ4v) is 1.71. The van der Waals surface area contributed by atoms with Crippen molar-refractivity contribution in [2.75, 3.05) is 18.4 Å².